The predicted molar refractivity (Wildman–Crippen MR) is 52.8 cm³/mol. The van der Waals surface area contributed by atoms with Gasteiger partial charge < -0.3 is 5.32 Å². The molecule has 0 unspecified atom stereocenters. The van der Waals surface area contributed by atoms with Gasteiger partial charge in [0.15, 0.2) is 0 Å². The molecule has 0 spiro atoms. The zero-order valence-electron chi connectivity index (χ0n) is 7.58. The molecule has 1 aromatic rings. The van der Waals surface area contributed by atoms with Gasteiger partial charge in [-0.3, -0.25) is 4.79 Å². The van der Waals surface area contributed by atoms with Gasteiger partial charge in [0, 0.05) is 7.97 Å². The topological polar surface area (TPSA) is 29.1 Å². The molecular weight excluding hydrogens is 150 g/mol. The van der Waals surface area contributed by atoms with E-state index in [2.05, 4.69) is 5.32 Å². The predicted octanol–water partition coefficient (Wildman–Crippen LogP) is 2.20. The Kier molecular flexibility index (Phi) is 6.94. The SMILES string of the molecule is CC.O=CNCc1ccccc1.[HH]. The molecule has 12 heavy (non-hydrogen) atoms. The zero-order chi connectivity index (χ0) is 9.23. The van der Waals surface area contributed by atoms with Crippen molar-refractivity contribution in [2.75, 3.05) is 0 Å². The van der Waals surface area contributed by atoms with Crippen molar-refractivity contribution in [1.82, 2.24) is 5.32 Å². The molecule has 1 N–H and O–H groups in total. The van der Waals surface area contributed by atoms with Crippen LogP contribution in [0.5, 0.6) is 0 Å². The van der Waals surface area contributed by atoms with Crippen LogP contribution in [0.2, 0.25) is 0 Å². The normalized spacial score (nSPS) is 7.83. The number of nitrogens with one attached hydrogen (secondary N) is 1. The summed E-state index contributed by atoms with van der Waals surface area (Å²) < 4.78 is 0. The Labute approximate surface area is 75.1 Å². The zero-order valence-corrected chi connectivity index (χ0v) is 7.58. The lowest BCUT2D eigenvalue weighted by Gasteiger charge is -1.96. The van der Waals surface area contributed by atoms with Crippen LogP contribution in [-0.2, 0) is 11.3 Å². The minimum absolute atomic E-state index is 0. The Morgan fingerprint density at radius 2 is 1.92 bits per heavy atom. The molecule has 0 aliphatic carbocycles. The molecule has 1 amide bonds. The number of hydrogen-bond acceptors (Lipinski definition) is 1. The van der Waals surface area contributed by atoms with Crippen LogP contribution in [-0.4, -0.2) is 6.41 Å². The van der Waals surface area contributed by atoms with Crippen molar-refractivity contribution in [3.05, 3.63) is 35.9 Å². The molecule has 0 saturated heterocycles. The molecule has 68 valence electrons. The largest absolute Gasteiger partial charge is 0.355 e. The minimum atomic E-state index is 0. The van der Waals surface area contributed by atoms with E-state index < -0.39 is 0 Å². The van der Waals surface area contributed by atoms with Gasteiger partial charge in [-0.2, -0.15) is 0 Å². The number of carbonyl (C=O) groups excluding carboxylic acids is 1. The second-order valence-corrected chi connectivity index (χ2v) is 1.98. The summed E-state index contributed by atoms with van der Waals surface area (Å²) in [6.45, 7) is 4.62. The highest BCUT2D eigenvalue weighted by Crippen LogP contribution is 1.95. The summed E-state index contributed by atoms with van der Waals surface area (Å²) in [5.41, 5.74) is 1.12. The molecule has 0 saturated carbocycles. The van der Waals surface area contributed by atoms with Crippen LogP contribution in [0.25, 0.3) is 0 Å². The van der Waals surface area contributed by atoms with E-state index in [4.69, 9.17) is 0 Å². The van der Waals surface area contributed by atoms with E-state index in [-0.39, 0.29) is 1.43 Å². The molecule has 0 heterocycles. The number of carbonyl (C=O) groups is 1. The third kappa shape index (κ3) is 4.50. The summed E-state index contributed by atoms with van der Waals surface area (Å²) >= 11 is 0. The fraction of sp³-hybridized carbons (Fsp3) is 0.300. The Balaban J connectivity index is 0. The molecule has 0 aliphatic rings. The average Bonchev–Trinajstić information content (AvgIpc) is 2.19. The number of hydrogen-bond donors (Lipinski definition) is 1. The van der Waals surface area contributed by atoms with Crippen molar-refractivity contribution in [3.8, 4) is 0 Å². The van der Waals surface area contributed by atoms with Crippen LogP contribution in [0.15, 0.2) is 30.3 Å². The van der Waals surface area contributed by atoms with Gasteiger partial charge in [-0.25, -0.2) is 0 Å². The Bertz CT molecular complexity index is 201. The van der Waals surface area contributed by atoms with E-state index in [0.29, 0.717) is 13.0 Å². The van der Waals surface area contributed by atoms with Gasteiger partial charge in [0.05, 0.1) is 0 Å². The summed E-state index contributed by atoms with van der Waals surface area (Å²) in [7, 11) is 0. The third-order valence-corrected chi connectivity index (χ3v) is 1.23. The summed E-state index contributed by atoms with van der Waals surface area (Å²) in [6.07, 6.45) is 0.701. The lowest BCUT2D eigenvalue weighted by Crippen LogP contribution is -2.09. The third-order valence-electron chi connectivity index (χ3n) is 1.23. The van der Waals surface area contributed by atoms with E-state index in [1.807, 2.05) is 44.2 Å². The van der Waals surface area contributed by atoms with Crippen LogP contribution in [0.1, 0.15) is 20.8 Å². The first kappa shape index (κ1) is 10.7. The van der Waals surface area contributed by atoms with Crippen molar-refractivity contribution in [1.29, 1.82) is 0 Å². The highest BCUT2D eigenvalue weighted by atomic mass is 16.1. The number of rotatable bonds is 3. The Morgan fingerprint density at radius 1 is 1.33 bits per heavy atom. The first-order valence-electron chi connectivity index (χ1n) is 4.14. The summed E-state index contributed by atoms with van der Waals surface area (Å²) in [4.78, 5) is 9.87. The fourth-order valence-electron chi connectivity index (χ4n) is 0.755. The first-order valence-corrected chi connectivity index (χ1v) is 4.14. The smallest absolute Gasteiger partial charge is 0.207 e. The lowest BCUT2D eigenvalue weighted by atomic mass is 10.2. The first-order chi connectivity index (χ1) is 5.93. The van der Waals surface area contributed by atoms with Gasteiger partial charge in [0.25, 0.3) is 0 Å². The molecule has 0 bridgehead atoms. The molecule has 0 atom stereocenters. The number of benzene rings is 1. The van der Waals surface area contributed by atoms with Crippen molar-refractivity contribution in [2.45, 2.75) is 20.4 Å². The fourth-order valence-corrected chi connectivity index (χ4v) is 0.755. The summed E-state index contributed by atoms with van der Waals surface area (Å²) in [6, 6.07) is 9.78. The maximum absolute atomic E-state index is 9.87. The second-order valence-electron chi connectivity index (χ2n) is 1.98. The van der Waals surface area contributed by atoms with Crippen LogP contribution >= 0.6 is 0 Å². The molecule has 0 radical (unpaired) electrons. The minimum Gasteiger partial charge on any atom is -0.355 e. The van der Waals surface area contributed by atoms with Crippen molar-refractivity contribution in [2.24, 2.45) is 0 Å². The molecule has 1 aromatic carbocycles. The van der Waals surface area contributed by atoms with Crippen LogP contribution < -0.4 is 5.32 Å². The monoisotopic (exact) mass is 167 g/mol. The maximum atomic E-state index is 9.87. The van der Waals surface area contributed by atoms with E-state index in [1.54, 1.807) is 0 Å². The molecule has 2 nitrogen and oxygen atoms in total. The van der Waals surface area contributed by atoms with Crippen molar-refractivity contribution >= 4 is 6.41 Å². The second kappa shape index (κ2) is 7.79. The average molecular weight is 167 g/mol. The van der Waals surface area contributed by atoms with Gasteiger partial charge in [-0.1, -0.05) is 44.2 Å². The standard InChI is InChI=1S/C8H9NO.C2H6.H2/c10-7-9-6-8-4-2-1-3-5-8;1-2;/h1-5,7H,6H2,(H,9,10);1-2H3;1H. The van der Waals surface area contributed by atoms with Gasteiger partial charge in [-0.05, 0) is 5.56 Å². The maximum Gasteiger partial charge on any atom is 0.207 e. The molecular formula is C10H17NO. The van der Waals surface area contributed by atoms with E-state index >= 15 is 0 Å². The van der Waals surface area contributed by atoms with Crippen LogP contribution in [0.3, 0.4) is 0 Å². The quantitative estimate of drug-likeness (QED) is 0.687. The van der Waals surface area contributed by atoms with Gasteiger partial charge >= 0.3 is 0 Å². The highest BCUT2D eigenvalue weighted by Gasteiger charge is 1.85. The Hall–Kier alpha value is -1.31. The molecule has 1 rings (SSSR count). The van der Waals surface area contributed by atoms with Crippen LogP contribution in [0.4, 0.5) is 0 Å². The molecule has 2 heteroatoms. The highest BCUT2D eigenvalue weighted by molar-refractivity contribution is 5.46. The molecule has 0 aliphatic heterocycles. The van der Waals surface area contributed by atoms with E-state index in [1.165, 1.54) is 0 Å². The van der Waals surface area contributed by atoms with Crippen LogP contribution in [0, 0.1) is 0 Å². The molecule has 0 aromatic heterocycles. The van der Waals surface area contributed by atoms with E-state index in [9.17, 15) is 4.79 Å². The van der Waals surface area contributed by atoms with E-state index in [0.717, 1.165) is 5.56 Å². The van der Waals surface area contributed by atoms with Crippen molar-refractivity contribution < 1.29 is 6.22 Å². The van der Waals surface area contributed by atoms with Gasteiger partial charge in [0.1, 0.15) is 0 Å². The lowest BCUT2D eigenvalue weighted by molar-refractivity contribution is -0.109. The number of amides is 1. The summed E-state index contributed by atoms with van der Waals surface area (Å²) in [5.74, 6) is 0. The molecule has 0 fully saturated rings. The van der Waals surface area contributed by atoms with Crippen molar-refractivity contribution in [3.63, 3.8) is 0 Å². The summed E-state index contributed by atoms with van der Waals surface area (Å²) in [5, 5.41) is 2.58. The van der Waals surface area contributed by atoms with Gasteiger partial charge in [0.2, 0.25) is 6.41 Å². The van der Waals surface area contributed by atoms with Gasteiger partial charge in [-0.15, -0.1) is 0 Å². The Morgan fingerprint density at radius 3 is 2.42 bits per heavy atom.